The van der Waals surface area contributed by atoms with Gasteiger partial charge in [-0.05, 0) is 49.9 Å². The third kappa shape index (κ3) is 4.29. The second-order valence-electron chi connectivity index (χ2n) is 6.24. The van der Waals surface area contributed by atoms with E-state index in [1.165, 1.54) is 22.3 Å². The topological polar surface area (TPSA) is 48.8 Å². The summed E-state index contributed by atoms with van der Waals surface area (Å²) in [5.74, 6) is 1.61. The van der Waals surface area contributed by atoms with Gasteiger partial charge in [0.25, 0.3) is 0 Å². The molecule has 0 bridgehead atoms. The average Bonchev–Trinajstić information content (AvgIpc) is 2.56. The smallest absolute Gasteiger partial charge is 0.337 e. The zero-order valence-electron chi connectivity index (χ0n) is 15.1. The summed E-state index contributed by atoms with van der Waals surface area (Å²) in [5.41, 5.74) is 7.03. The molecule has 0 unspecified atom stereocenters. The van der Waals surface area contributed by atoms with Crippen molar-refractivity contribution < 1.29 is 16.5 Å². The Morgan fingerprint density at radius 3 is 1.28 bits per heavy atom. The quantitative estimate of drug-likeness (QED) is 0.767. The molecule has 2 aromatic rings. The fourth-order valence-electron chi connectivity index (χ4n) is 2.93. The summed E-state index contributed by atoms with van der Waals surface area (Å²) in [6, 6.07) is 12.6. The van der Waals surface area contributed by atoms with Gasteiger partial charge in [-0.25, -0.2) is 0 Å². The molecule has 25 heavy (non-hydrogen) atoms. The first-order valence-electron chi connectivity index (χ1n) is 8.32. The summed E-state index contributed by atoms with van der Waals surface area (Å²) < 4.78 is 0. The summed E-state index contributed by atoms with van der Waals surface area (Å²) >= 11 is 0. The van der Waals surface area contributed by atoms with Crippen LogP contribution in [0.1, 0.15) is 22.3 Å². The van der Waals surface area contributed by atoms with Crippen LogP contribution in [-0.2, 0) is 16.5 Å². The average molecular weight is 379 g/mol. The summed E-state index contributed by atoms with van der Waals surface area (Å²) in [6.07, 6.45) is 0. The van der Waals surface area contributed by atoms with Gasteiger partial charge in [0, 0.05) is 11.4 Å². The molecular weight excluding hydrogens is 355 g/mol. The predicted octanol–water partition coefficient (Wildman–Crippen LogP) is 4.25. The van der Waals surface area contributed by atoms with Crippen molar-refractivity contribution in [1.82, 2.24) is 0 Å². The van der Waals surface area contributed by atoms with Crippen LogP contribution in [0.3, 0.4) is 0 Å². The SMILES string of the molecule is Cc1cccc(C)c1NC1=NCCN=C1Nc1c(C)cccc1C.[Ni+2]. The molecule has 2 N–H and O–H groups in total. The fraction of sp³-hybridized carbons (Fsp3) is 0.300. The second kappa shape index (κ2) is 8.31. The molecule has 1 heterocycles. The minimum Gasteiger partial charge on any atom is -0.337 e. The van der Waals surface area contributed by atoms with Gasteiger partial charge in [-0.1, -0.05) is 36.4 Å². The van der Waals surface area contributed by atoms with E-state index < -0.39 is 0 Å². The summed E-state index contributed by atoms with van der Waals surface area (Å²) in [4.78, 5) is 9.31. The Labute approximate surface area is 159 Å². The minimum absolute atomic E-state index is 0. The standard InChI is InChI=1S/C20H24N4.Ni/c1-13-7-5-8-14(2)17(13)23-19-20(22-12-11-21-19)24-18-15(3)9-6-10-16(18)4;/h5-10H,11-12H2,1-4H3,(H,21,23)(H,22,24);/q;+2. The maximum atomic E-state index is 4.66. The first kappa shape index (κ1) is 19.2. The first-order chi connectivity index (χ1) is 11.6. The van der Waals surface area contributed by atoms with Gasteiger partial charge in [-0.2, -0.15) is 0 Å². The first-order valence-corrected chi connectivity index (χ1v) is 8.32. The van der Waals surface area contributed by atoms with Gasteiger partial charge in [-0.15, -0.1) is 0 Å². The number of para-hydroxylation sites is 2. The van der Waals surface area contributed by atoms with Crippen LogP contribution in [-0.4, -0.2) is 24.8 Å². The van der Waals surface area contributed by atoms with Crippen LogP contribution in [0.5, 0.6) is 0 Å². The third-order valence-corrected chi connectivity index (χ3v) is 4.31. The molecule has 1 aliphatic heterocycles. The Morgan fingerprint density at radius 1 is 0.640 bits per heavy atom. The number of amidine groups is 2. The molecule has 1 aliphatic rings. The van der Waals surface area contributed by atoms with Gasteiger partial charge in [0.1, 0.15) is 0 Å². The molecule has 0 saturated carbocycles. The van der Waals surface area contributed by atoms with E-state index in [1.807, 2.05) is 0 Å². The van der Waals surface area contributed by atoms with E-state index in [1.54, 1.807) is 0 Å². The van der Waals surface area contributed by atoms with Gasteiger partial charge in [0.2, 0.25) is 0 Å². The molecule has 0 amide bonds. The summed E-state index contributed by atoms with van der Waals surface area (Å²) in [7, 11) is 0. The molecular formula is C20H24N4Ni+2. The van der Waals surface area contributed by atoms with E-state index in [-0.39, 0.29) is 16.5 Å². The maximum Gasteiger partial charge on any atom is 2.00 e. The van der Waals surface area contributed by atoms with Gasteiger partial charge >= 0.3 is 16.5 Å². The number of nitrogens with one attached hydrogen (secondary N) is 2. The van der Waals surface area contributed by atoms with E-state index in [0.717, 1.165) is 23.0 Å². The van der Waals surface area contributed by atoms with Crippen LogP contribution in [0.4, 0.5) is 11.4 Å². The van der Waals surface area contributed by atoms with Crippen molar-refractivity contribution >= 4 is 23.0 Å². The molecule has 4 nitrogen and oxygen atoms in total. The zero-order chi connectivity index (χ0) is 17.1. The monoisotopic (exact) mass is 378 g/mol. The van der Waals surface area contributed by atoms with Crippen molar-refractivity contribution in [3.8, 4) is 0 Å². The van der Waals surface area contributed by atoms with Crippen molar-refractivity contribution in [2.75, 3.05) is 23.7 Å². The Balaban J connectivity index is 0.00000225. The largest absolute Gasteiger partial charge is 2.00 e. The number of nitrogens with zero attached hydrogens (tertiary/aromatic N) is 2. The number of anilines is 2. The molecule has 132 valence electrons. The number of benzene rings is 2. The summed E-state index contributed by atoms with van der Waals surface area (Å²) in [5, 5.41) is 6.97. The fourth-order valence-corrected chi connectivity index (χ4v) is 2.93. The molecule has 0 aliphatic carbocycles. The number of hydrogen-bond donors (Lipinski definition) is 2. The van der Waals surface area contributed by atoms with Crippen molar-refractivity contribution in [1.29, 1.82) is 0 Å². The van der Waals surface area contributed by atoms with Crippen molar-refractivity contribution in [3.63, 3.8) is 0 Å². The van der Waals surface area contributed by atoms with Crippen LogP contribution < -0.4 is 10.6 Å². The predicted molar refractivity (Wildman–Crippen MR) is 104 cm³/mol. The summed E-state index contributed by atoms with van der Waals surface area (Å²) in [6.45, 7) is 9.85. The number of aliphatic imine (C=N–C) groups is 2. The molecule has 0 radical (unpaired) electrons. The van der Waals surface area contributed by atoms with Crippen molar-refractivity contribution in [2.24, 2.45) is 9.98 Å². The van der Waals surface area contributed by atoms with E-state index in [4.69, 9.17) is 0 Å². The number of rotatable bonds is 2. The van der Waals surface area contributed by atoms with Gasteiger partial charge in [-0.3, -0.25) is 9.98 Å². The molecule has 0 aromatic heterocycles. The van der Waals surface area contributed by atoms with Crippen LogP contribution in [0, 0.1) is 27.7 Å². The molecule has 0 spiro atoms. The minimum atomic E-state index is 0. The van der Waals surface area contributed by atoms with Crippen molar-refractivity contribution in [2.45, 2.75) is 27.7 Å². The molecule has 5 heteroatoms. The van der Waals surface area contributed by atoms with Crippen LogP contribution in [0.2, 0.25) is 0 Å². The van der Waals surface area contributed by atoms with Crippen LogP contribution in [0.15, 0.2) is 46.4 Å². The van der Waals surface area contributed by atoms with Gasteiger partial charge in [0.15, 0.2) is 11.7 Å². The molecule has 0 fully saturated rings. The molecule has 0 saturated heterocycles. The second-order valence-corrected chi connectivity index (χ2v) is 6.24. The normalized spacial score (nSPS) is 13.4. The van der Waals surface area contributed by atoms with Gasteiger partial charge < -0.3 is 10.6 Å². The Bertz CT molecular complexity index is 714. The zero-order valence-corrected chi connectivity index (χ0v) is 16.1. The van der Waals surface area contributed by atoms with Crippen molar-refractivity contribution in [3.05, 3.63) is 58.7 Å². The number of hydrogen-bond acceptors (Lipinski definition) is 4. The maximum absolute atomic E-state index is 4.66. The van der Waals surface area contributed by atoms with E-state index in [0.29, 0.717) is 13.1 Å². The Morgan fingerprint density at radius 2 is 0.960 bits per heavy atom. The van der Waals surface area contributed by atoms with Crippen LogP contribution in [0.25, 0.3) is 0 Å². The van der Waals surface area contributed by atoms with E-state index in [2.05, 4.69) is 84.7 Å². The Hall–Kier alpha value is -2.13. The Kier molecular flexibility index (Phi) is 6.38. The van der Waals surface area contributed by atoms with E-state index >= 15 is 0 Å². The number of aryl methyl sites for hydroxylation is 4. The van der Waals surface area contributed by atoms with Gasteiger partial charge in [0.05, 0.1) is 13.1 Å². The van der Waals surface area contributed by atoms with E-state index in [9.17, 15) is 0 Å². The third-order valence-electron chi connectivity index (χ3n) is 4.31. The molecule has 0 atom stereocenters. The molecule has 3 rings (SSSR count). The van der Waals surface area contributed by atoms with Crippen LogP contribution >= 0.6 is 0 Å². The molecule has 2 aromatic carbocycles.